The van der Waals surface area contributed by atoms with Crippen molar-refractivity contribution in [3.8, 4) is 0 Å². The van der Waals surface area contributed by atoms with Crippen molar-refractivity contribution in [1.82, 2.24) is 10.6 Å². The summed E-state index contributed by atoms with van der Waals surface area (Å²) in [5.41, 5.74) is 2.55. The molecule has 4 heteroatoms. The normalized spacial score (nSPS) is 17.8. The number of hydrogen-bond donors (Lipinski definition) is 2. The van der Waals surface area contributed by atoms with Crippen molar-refractivity contribution in [3.05, 3.63) is 35.4 Å². The molecular formula is C15H23ClN2O. The molecule has 1 aliphatic rings. The lowest BCUT2D eigenvalue weighted by Crippen LogP contribution is -2.32. The fourth-order valence-corrected chi connectivity index (χ4v) is 2.33. The molecular weight excluding hydrogens is 260 g/mol. The molecule has 1 aliphatic heterocycles. The highest BCUT2D eigenvalue weighted by molar-refractivity contribution is 5.85. The van der Waals surface area contributed by atoms with Crippen molar-refractivity contribution in [2.24, 2.45) is 0 Å². The second-order valence-electron chi connectivity index (χ2n) is 5.08. The summed E-state index contributed by atoms with van der Waals surface area (Å²) in [6.45, 7) is 3.87. The summed E-state index contributed by atoms with van der Waals surface area (Å²) in [6.07, 6.45) is 3.85. The van der Waals surface area contributed by atoms with Crippen LogP contribution >= 0.6 is 12.4 Å². The third-order valence-electron chi connectivity index (χ3n) is 3.45. The molecule has 1 aromatic carbocycles. The van der Waals surface area contributed by atoms with Crippen LogP contribution in [0.4, 0.5) is 0 Å². The summed E-state index contributed by atoms with van der Waals surface area (Å²) in [5, 5.41) is 6.33. The number of amides is 1. The quantitative estimate of drug-likeness (QED) is 0.869. The van der Waals surface area contributed by atoms with Crippen LogP contribution in [0, 0.1) is 6.92 Å². The Hall–Kier alpha value is -1.06. The first-order chi connectivity index (χ1) is 8.74. The smallest absolute Gasteiger partial charge is 0.221 e. The van der Waals surface area contributed by atoms with Crippen molar-refractivity contribution in [2.75, 3.05) is 13.1 Å². The predicted octanol–water partition coefficient (Wildman–Crippen LogP) is 2.22. The molecule has 3 nitrogen and oxygen atoms in total. The molecule has 1 saturated heterocycles. The highest BCUT2D eigenvalue weighted by atomic mass is 35.5. The Morgan fingerprint density at radius 3 is 2.74 bits per heavy atom. The van der Waals surface area contributed by atoms with Gasteiger partial charge in [0.25, 0.3) is 0 Å². The van der Waals surface area contributed by atoms with E-state index in [0.717, 1.165) is 25.9 Å². The molecule has 0 saturated carbocycles. The zero-order valence-electron chi connectivity index (χ0n) is 11.4. The number of aryl methyl sites for hydroxylation is 1. The highest BCUT2D eigenvalue weighted by Crippen LogP contribution is 2.08. The minimum Gasteiger partial charge on any atom is -0.356 e. The van der Waals surface area contributed by atoms with Gasteiger partial charge in [-0.05, 0) is 38.3 Å². The lowest BCUT2D eigenvalue weighted by molar-refractivity contribution is -0.121. The SMILES string of the molecule is Cc1ccc(CCNC(=O)CC2CCCN2)cc1.Cl. The third-order valence-corrected chi connectivity index (χ3v) is 3.45. The predicted molar refractivity (Wildman–Crippen MR) is 80.8 cm³/mol. The van der Waals surface area contributed by atoms with E-state index in [-0.39, 0.29) is 18.3 Å². The molecule has 2 rings (SSSR count). The minimum atomic E-state index is 0. The largest absolute Gasteiger partial charge is 0.356 e. The molecule has 1 atom stereocenters. The van der Waals surface area contributed by atoms with E-state index in [1.54, 1.807) is 0 Å². The van der Waals surface area contributed by atoms with Gasteiger partial charge in [0.2, 0.25) is 5.91 Å². The van der Waals surface area contributed by atoms with Crippen LogP contribution in [0.1, 0.15) is 30.4 Å². The molecule has 1 unspecified atom stereocenters. The number of hydrogen-bond acceptors (Lipinski definition) is 2. The van der Waals surface area contributed by atoms with Crippen LogP contribution in [0.5, 0.6) is 0 Å². The summed E-state index contributed by atoms with van der Waals surface area (Å²) >= 11 is 0. The van der Waals surface area contributed by atoms with Gasteiger partial charge in [0.1, 0.15) is 0 Å². The standard InChI is InChI=1S/C15H22N2O.ClH/c1-12-4-6-13(7-5-12)8-10-17-15(18)11-14-3-2-9-16-14;/h4-7,14,16H,2-3,8-11H2,1H3,(H,17,18);1H. The van der Waals surface area contributed by atoms with Gasteiger partial charge >= 0.3 is 0 Å². The summed E-state index contributed by atoms with van der Waals surface area (Å²) < 4.78 is 0. The fourth-order valence-electron chi connectivity index (χ4n) is 2.33. The first kappa shape index (κ1) is 16.0. The molecule has 1 fully saturated rings. The van der Waals surface area contributed by atoms with Crippen LogP contribution in [-0.2, 0) is 11.2 Å². The van der Waals surface area contributed by atoms with Crippen molar-refractivity contribution < 1.29 is 4.79 Å². The van der Waals surface area contributed by atoms with E-state index in [1.807, 2.05) is 0 Å². The first-order valence-electron chi connectivity index (χ1n) is 6.79. The third kappa shape index (κ3) is 5.62. The molecule has 0 aliphatic carbocycles. The van der Waals surface area contributed by atoms with Gasteiger partial charge in [-0.3, -0.25) is 4.79 Å². The van der Waals surface area contributed by atoms with E-state index in [0.29, 0.717) is 12.5 Å². The zero-order valence-corrected chi connectivity index (χ0v) is 12.3. The van der Waals surface area contributed by atoms with Gasteiger partial charge in [0, 0.05) is 19.0 Å². The van der Waals surface area contributed by atoms with Crippen LogP contribution in [0.3, 0.4) is 0 Å². The number of carbonyl (C=O) groups excluding carboxylic acids is 1. The van der Waals surface area contributed by atoms with E-state index in [9.17, 15) is 4.79 Å². The number of benzene rings is 1. The summed E-state index contributed by atoms with van der Waals surface area (Å²) in [6, 6.07) is 8.86. The van der Waals surface area contributed by atoms with E-state index in [2.05, 4.69) is 41.8 Å². The van der Waals surface area contributed by atoms with E-state index in [1.165, 1.54) is 17.5 Å². The monoisotopic (exact) mass is 282 g/mol. The van der Waals surface area contributed by atoms with E-state index in [4.69, 9.17) is 0 Å². The van der Waals surface area contributed by atoms with Crippen LogP contribution in [0.25, 0.3) is 0 Å². The molecule has 0 aromatic heterocycles. The Morgan fingerprint density at radius 2 is 2.11 bits per heavy atom. The first-order valence-corrected chi connectivity index (χ1v) is 6.79. The second kappa shape index (κ2) is 8.18. The lowest BCUT2D eigenvalue weighted by Gasteiger charge is -2.10. The van der Waals surface area contributed by atoms with Crippen molar-refractivity contribution in [2.45, 2.75) is 38.6 Å². The molecule has 0 bridgehead atoms. The molecule has 1 aromatic rings. The number of rotatable bonds is 5. The molecule has 1 heterocycles. The maximum Gasteiger partial charge on any atom is 0.221 e. The summed E-state index contributed by atoms with van der Waals surface area (Å²) in [5.74, 6) is 0.168. The van der Waals surface area contributed by atoms with E-state index < -0.39 is 0 Å². The second-order valence-corrected chi connectivity index (χ2v) is 5.08. The molecule has 1 amide bonds. The lowest BCUT2D eigenvalue weighted by atomic mass is 10.1. The van der Waals surface area contributed by atoms with Crippen LogP contribution < -0.4 is 10.6 Å². The maximum atomic E-state index is 11.7. The van der Waals surface area contributed by atoms with Crippen molar-refractivity contribution in [3.63, 3.8) is 0 Å². The average molecular weight is 283 g/mol. The molecule has 0 spiro atoms. The van der Waals surface area contributed by atoms with Gasteiger partial charge in [0.05, 0.1) is 0 Å². The van der Waals surface area contributed by atoms with Gasteiger partial charge in [-0.1, -0.05) is 29.8 Å². The molecule has 19 heavy (non-hydrogen) atoms. The van der Waals surface area contributed by atoms with E-state index >= 15 is 0 Å². The molecule has 2 N–H and O–H groups in total. The van der Waals surface area contributed by atoms with Crippen LogP contribution in [0.2, 0.25) is 0 Å². The number of nitrogens with one attached hydrogen (secondary N) is 2. The Balaban J connectivity index is 0.00000180. The van der Waals surface area contributed by atoms with Gasteiger partial charge in [-0.2, -0.15) is 0 Å². The summed E-state index contributed by atoms with van der Waals surface area (Å²) in [4.78, 5) is 11.7. The van der Waals surface area contributed by atoms with Gasteiger partial charge in [-0.25, -0.2) is 0 Å². The Labute approximate surface area is 121 Å². The fraction of sp³-hybridized carbons (Fsp3) is 0.533. The van der Waals surface area contributed by atoms with Gasteiger partial charge in [-0.15, -0.1) is 12.4 Å². The Kier molecular flexibility index (Phi) is 6.89. The summed E-state index contributed by atoms with van der Waals surface area (Å²) in [7, 11) is 0. The Bertz CT molecular complexity index is 386. The van der Waals surface area contributed by atoms with Crippen LogP contribution in [-0.4, -0.2) is 25.0 Å². The highest BCUT2D eigenvalue weighted by Gasteiger charge is 2.16. The Morgan fingerprint density at radius 1 is 1.37 bits per heavy atom. The molecule has 106 valence electrons. The topological polar surface area (TPSA) is 41.1 Å². The van der Waals surface area contributed by atoms with Crippen molar-refractivity contribution in [1.29, 1.82) is 0 Å². The maximum absolute atomic E-state index is 11.7. The number of halogens is 1. The van der Waals surface area contributed by atoms with Gasteiger partial charge in [0.15, 0.2) is 0 Å². The van der Waals surface area contributed by atoms with Gasteiger partial charge < -0.3 is 10.6 Å². The van der Waals surface area contributed by atoms with Crippen LogP contribution in [0.15, 0.2) is 24.3 Å². The molecule has 0 radical (unpaired) electrons. The van der Waals surface area contributed by atoms with Crippen molar-refractivity contribution >= 4 is 18.3 Å². The average Bonchev–Trinajstić information content (AvgIpc) is 2.84. The minimum absolute atomic E-state index is 0. The number of carbonyl (C=O) groups is 1. The zero-order chi connectivity index (χ0) is 12.8.